The van der Waals surface area contributed by atoms with Crippen LogP contribution in [0.2, 0.25) is 0 Å². The van der Waals surface area contributed by atoms with E-state index < -0.39 is 23.8 Å². The lowest BCUT2D eigenvalue weighted by molar-refractivity contribution is -0.144. The van der Waals surface area contributed by atoms with Crippen LogP contribution in [0.15, 0.2) is 30.3 Å². The van der Waals surface area contributed by atoms with Gasteiger partial charge in [-0.3, -0.25) is 19.2 Å². The SMILES string of the molecule is O=C(N[C@@H]1CCCCCC1=O)C(=O)[C@H]1CCC(=O)N1Cc1ccccc1. The van der Waals surface area contributed by atoms with Gasteiger partial charge in [0.05, 0.1) is 6.04 Å². The maximum Gasteiger partial charge on any atom is 0.290 e. The summed E-state index contributed by atoms with van der Waals surface area (Å²) in [6.07, 6.45) is 4.30. The predicted octanol–water partition coefficient (Wildman–Crippen LogP) is 1.76. The van der Waals surface area contributed by atoms with Crippen LogP contribution in [0.4, 0.5) is 0 Å². The molecule has 1 N–H and O–H groups in total. The summed E-state index contributed by atoms with van der Waals surface area (Å²) in [4.78, 5) is 50.8. The highest BCUT2D eigenvalue weighted by Gasteiger charge is 2.39. The maximum absolute atomic E-state index is 12.6. The molecule has 2 aliphatic rings. The van der Waals surface area contributed by atoms with Crippen molar-refractivity contribution < 1.29 is 19.2 Å². The van der Waals surface area contributed by atoms with E-state index in [1.165, 1.54) is 4.90 Å². The number of hydrogen-bond acceptors (Lipinski definition) is 4. The number of likely N-dealkylation sites (tertiary alicyclic amines) is 1. The second-order valence-electron chi connectivity index (χ2n) is 7.02. The van der Waals surface area contributed by atoms with E-state index in [-0.39, 0.29) is 18.1 Å². The molecule has 2 atom stereocenters. The van der Waals surface area contributed by atoms with Crippen LogP contribution in [0.3, 0.4) is 0 Å². The maximum atomic E-state index is 12.6. The van der Waals surface area contributed by atoms with Crippen LogP contribution in [0.1, 0.15) is 50.5 Å². The molecule has 1 aromatic rings. The highest BCUT2D eigenvalue weighted by atomic mass is 16.2. The Hall–Kier alpha value is -2.50. The van der Waals surface area contributed by atoms with Gasteiger partial charge in [0.15, 0.2) is 5.78 Å². The third-order valence-electron chi connectivity index (χ3n) is 5.16. The Labute approximate surface area is 152 Å². The fourth-order valence-corrected chi connectivity index (χ4v) is 3.68. The van der Waals surface area contributed by atoms with Crippen molar-refractivity contribution in [2.24, 2.45) is 0 Å². The number of Topliss-reactive ketones (excluding diaryl/α,β-unsaturated/α-hetero) is 2. The van der Waals surface area contributed by atoms with Crippen LogP contribution >= 0.6 is 0 Å². The van der Waals surface area contributed by atoms with Crippen molar-refractivity contribution in [1.29, 1.82) is 0 Å². The average Bonchev–Trinajstić information content (AvgIpc) is 2.87. The summed E-state index contributed by atoms with van der Waals surface area (Å²) < 4.78 is 0. The van der Waals surface area contributed by atoms with Crippen molar-refractivity contribution in [3.8, 4) is 0 Å². The molecule has 0 aromatic heterocycles. The van der Waals surface area contributed by atoms with Crippen LogP contribution < -0.4 is 5.32 Å². The first-order valence-corrected chi connectivity index (χ1v) is 9.27. The largest absolute Gasteiger partial charge is 0.340 e. The Morgan fingerprint density at radius 1 is 1.00 bits per heavy atom. The topological polar surface area (TPSA) is 83.5 Å². The number of rotatable bonds is 5. The smallest absolute Gasteiger partial charge is 0.290 e. The number of nitrogens with one attached hydrogen (secondary N) is 1. The summed E-state index contributed by atoms with van der Waals surface area (Å²) in [6.45, 7) is 0.311. The quantitative estimate of drug-likeness (QED) is 0.644. The number of hydrogen-bond donors (Lipinski definition) is 1. The van der Waals surface area contributed by atoms with Crippen LogP contribution in [-0.2, 0) is 25.7 Å². The van der Waals surface area contributed by atoms with Crippen LogP contribution in [0, 0.1) is 0 Å². The van der Waals surface area contributed by atoms with E-state index in [9.17, 15) is 19.2 Å². The summed E-state index contributed by atoms with van der Waals surface area (Å²) >= 11 is 0. The van der Waals surface area contributed by atoms with Crippen molar-refractivity contribution in [3.05, 3.63) is 35.9 Å². The van der Waals surface area contributed by atoms with Gasteiger partial charge >= 0.3 is 0 Å². The van der Waals surface area contributed by atoms with Crippen LogP contribution in [0.25, 0.3) is 0 Å². The van der Waals surface area contributed by atoms with Crippen molar-refractivity contribution in [3.63, 3.8) is 0 Å². The van der Waals surface area contributed by atoms with E-state index in [1.54, 1.807) is 0 Å². The Morgan fingerprint density at radius 3 is 2.54 bits per heavy atom. The van der Waals surface area contributed by atoms with Crippen LogP contribution in [0.5, 0.6) is 0 Å². The van der Waals surface area contributed by atoms with Crippen molar-refractivity contribution in [2.45, 2.75) is 63.6 Å². The molecule has 6 heteroatoms. The third kappa shape index (κ3) is 4.18. The van der Waals surface area contributed by atoms with E-state index in [4.69, 9.17) is 0 Å². The first-order valence-electron chi connectivity index (χ1n) is 9.27. The monoisotopic (exact) mass is 356 g/mol. The third-order valence-corrected chi connectivity index (χ3v) is 5.16. The lowest BCUT2D eigenvalue weighted by Gasteiger charge is -2.24. The molecule has 0 radical (unpaired) electrons. The molecular weight excluding hydrogens is 332 g/mol. The standard InChI is InChI=1S/C20H24N2O4/c23-17-10-6-2-5-9-15(17)21-20(26)19(25)16-11-12-18(24)22(16)13-14-7-3-1-4-8-14/h1,3-4,7-8,15-16H,2,5-6,9-13H2,(H,21,26)/t15-,16-/m1/s1. The van der Waals surface area contributed by atoms with Gasteiger partial charge in [-0.05, 0) is 24.8 Å². The second kappa shape index (κ2) is 8.25. The van der Waals surface area contributed by atoms with Gasteiger partial charge in [-0.25, -0.2) is 0 Å². The Morgan fingerprint density at radius 2 is 1.77 bits per heavy atom. The second-order valence-corrected chi connectivity index (χ2v) is 7.02. The van der Waals surface area contributed by atoms with E-state index in [1.807, 2.05) is 30.3 Å². The molecule has 2 fully saturated rings. The number of ketones is 2. The molecule has 138 valence electrons. The van der Waals surface area contributed by atoms with Gasteiger partial charge in [-0.1, -0.05) is 43.2 Å². The van der Waals surface area contributed by atoms with Crippen molar-refractivity contribution >= 4 is 23.4 Å². The predicted molar refractivity (Wildman–Crippen MR) is 95.0 cm³/mol. The molecule has 0 spiro atoms. The fourth-order valence-electron chi connectivity index (χ4n) is 3.68. The van der Waals surface area contributed by atoms with Crippen LogP contribution in [-0.4, -0.2) is 40.4 Å². The zero-order chi connectivity index (χ0) is 18.5. The zero-order valence-corrected chi connectivity index (χ0v) is 14.8. The van der Waals surface area contributed by atoms with Gasteiger partial charge in [0.2, 0.25) is 11.7 Å². The summed E-state index contributed by atoms with van der Waals surface area (Å²) in [7, 11) is 0. The molecule has 1 saturated carbocycles. The number of amides is 2. The summed E-state index contributed by atoms with van der Waals surface area (Å²) in [6, 6.07) is 8.08. The fraction of sp³-hybridized carbons (Fsp3) is 0.500. The number of benzene rings is 1. The first-order chi connectivity index (χ1) is 12.6. The van der Waals surface area contributed by atoms with E-state index in [0.717, 1.165) is 24.8 Å². The molecule has 0 bridgehead atoms. The summed E-state index contributed by atoms with van der Waals surface area (Å²) in [5.74, 6) is -1.50. The molecule has 26 heavy (non-hydrogen) atoms. The Kier molecular flexibility index (Phi) is 5.81. The Balaban J connectivity index is 1.66. The lowest BCUT2D eigenvalue weighted by atomic mass is 10.1. The molecule has 2 amide bonds. The summed E-state index contributed by atoms with van der Waals surface area (Å²) in [5, 5.41) is 2.61. The number of nitrogens with zero attached hydrogens (tertiary/aromatic N) is 1. The molecule has 1 aliphatic carbocycles. The van der Waals surface area contributed by atoms with E-state index in [0.29, 0.717) is 25.8 Å². The highest BCUT2D eigenvalue weighted by Crippen LogP contribution is 2.23. The van der Waals surface area contributed by atoms with E-state index in [2.05, 4.69) is 5.32 Å². The van der Waals surface area contributed by atoms with Crippen molar-refractivity contribution in [1.82, 2.24) is 10.2 Å². The van der Waals surface area contributed by atoms with Gasteiger partial charge in [0.1, 0.15) is 6.04 Å². The van der Waals surface area contributed by atoms with Gasteiger partial charge < -0.3 is 10.2 Å². The normalized spacial score (nSPS) is 23.6. The molecule has 1 heterocycles. The number of carbonyl (C=O) groups excluding carboxylic acids is 4. The van der Waals surface area contributed by atoms with Gasteiger partial charge in [0.25, 0.3) is 5.91 Å². The van der Waals surface area contributed by atoms with Gasteiger partial charge in [-0.15, -0.1) is 0 Å². The first kappa shape index (κ1) is 18.3. The molecule has 6 nitrogen and oxygen atoms in total. The zero-order valence-electron chi connectivity index (χ0n) is 14.8. The number of carbonyl (C=O) groups is 4. The molecule has 1 aliphatic heterocycles. The van der Waals surface area contributed by atoms with Gasteiger partial charge in [-0.2, -0.15) is 0 Å². The minimum absolute atomic E-state index is 0.00714. The lowest BCUT2D eigenvalue weighted by Crippen LogP contribution is -2.49. The average molecular weight is 356 g/mol. The Bertz CT molecular complexity index is 701. The van der Waals surface area contributed by atoms with E-state index >= 15 is 0 Å². The minimum Gasteiger partial charge on any atom is -0.340 e. The summed E-state index contributed by atoms with van der Waals surface area (Å²) in [5.41, 5.74) is 0.917. The molecule has 0 unspecified atom stereocenters. The molecule has 3 rings (SSSR count). The van der Waals surface area contributed by atoms with Gasteiger partial charge in [0, 0.05) is 19.4 Å². The van der Waals surface area contributed by atoms with Crippen molar-refractivity contribution in [2.75, 3.05) is 0 Å². The molecule has 1 aromatic carbocycles. The molecule has 1 saturated heterocycles. The minimum atomic E-state index is -0.747. The molecular formula is C20H24N2O4. The highest BCUT2D eigenvalue weighted by molar-refractivity contribution is 6.39.